The van der Waals surface area contributed by atoms with Gasteiger partial charge in [0, 0.05) is 0 Å². The zero-order valence-electron chi connectivity index (χ0n) is 11.7. The number of ether oxygens (including phenoxy) is 1. The molecule has 0 aromatic heterocycles. The topological polar surface area (TPSA) is 9.23 Å². The van der Waals surface area contributed by atoms with Crippen LogP contribution in [0.2, 0.25) is 12.1 Å². The predicted octanol–water partition coefficient (Wildman–Crippen LogP) is 4.34. The largest absolute Gasteiger partial charge is 0.497 e. The summed E-state index contributed by atoms with van der Waals surface area (Å²) < 4.78 is 5.24. The molecule has 0 heterocycles. The Labute approximate surface area is 108 Å². The molecule has 0 fully saturated rings. The normalized spacial score (nSPS) is 12.1. The molecule has 1 atom stereocenters. The highest BCUT2D eigenvalue weighted by molar-refractivity contribution is 7.76. The van der Waals surface area contributed by atoms with Gasteiger partial charge in [0.2, 0.25) is 0 Å². The molecule has 1 aromatic carbocycles. The monoisotopic (exact) mass is 250 g/mol. The molecule has 17 heavy (non-hydrogen) atoms. The van der Waals surface area contributed by atoms with Gasteiger partial charge < -0.3 is 4.74 Å². The summed E-state index contributed by atoms with van der Waals surface area (Å²) in [6, 6.07) is 8.41. The average molecular weight is 250 g/mol. The van der Waals surface area contributed by atoms with Crippen LogP contribution in [-0.4, -0.2) is 19.7 Å². The third-order valence-electron chi connectivity index (χ3n) is 3.30. The van der Waals surface area contributed by atoms with Crippen LogP contribution >= 0.6 is 8.46 Å². The minimum Gasteiger partial charge on any atom is -0.497 e. The Hall–Kier alpha value is -0.485. The van der Waals surface area contributed by atoms with Crippen molar-refractivity contribution in [1.29, 1.82) is 0 Å². The van der Waals surface area contributed by atoms with Gasteiger partial charge in [-0.3, -0.25) is 0 Å². The fourth-order valence-corrected chi connectivity index (χ4v) is 3.05. The van der Waals surface area contributed by atoms with Crippen LogP contribution < -0.4 is 4.74 Å². The second kappa shape index (κ2) is 6.45. The summed E-state index contributed by atoms with van der Waals surface area (Å²) in [4.78, 5) is 0. The van der Waals surface area contributed by atoms with E-state index in [-0.39, 0.29) is 0 Å². The van der Waals surface area contributed by atoms with Crippen LogP contribution in [0.5, 0.6) is 5.75 Å². The number of hydrogen-bond donors (Lipinski definition) is 0. The number of rotatable bonds is 5. The fraction of sp³-hybridized carbons (Fsp3) is 0.571. The van der Waals surface area contributed by atoms with Gasteiger partial charge in [-0.05, 0) is 30.3 Å². The summed E-state index contributed by atoms with van der Waals surface area (Å²) >= 11 is 0. The van der Waals surface area contributed by atoms with Crippen molar-refractivity contribution in [2.45, 2.75) is 39.3 Å². The van der Waals surface area contributed by atoms with E-state index in [1.165, 1.54) is 11.7 Å². The minimum absolute atomic E-state index is 0.437. The minimum atomic E-state index is 0.437. The van der Waals surface area contributed by atoms with Gasteiger partial charge in [0.25, 0.3) is 0 Å². The number of benzene rings is 1. The lowest BCUT2D eigenvalue weighted by atomic mass is 9.55. The van der Waals surface area contributed by atoms with Gasteiger partial charge in [0.15, 0.2) is 6.43 Å². The van der Waals surface area contributed by atoms with E-state index in [4.69, 9.17) is 4.74 Å². The number of hydrogen-bond acceptors (Lipinski definition) is 1. The second-order valence-corrected chi connectivity index (χ2v) is 7.42. The Morgan fingerprint density at radius 1 is 1.29 bits per heavy atom. The third-order valence-corrected chi connectivity index (χ3v) is 5.31. The Morgan fingerprint density at radius 3 is 2.59 bits per heavy atom. The molecule has 0 aliphatic carbocycles. The SMILES string of the molecule is COc1cccc(CCPB(C)C(C)(C)C)c1. The molecule has 3 heteroatoms. The van der Waals surface area contributed by atoms with Gasteiger partial charge in [-0.25, -0.2) is 0 Å². The molecular formula is C14H24BOP. The molecule has 0 N–H and O–H groups in total. The number of methoxy groups -OCH3 is 1. The van der Waals surface area contributed by atoms with Crippen molar-refractivity contribution in [3.63, 3.8) is 0 Å². The van der Waals surface area contributed by atoms with Crippen LogP contribution in [0, 0.1) is 0 Å². The maximum Gasteiger partial charge on any atom is 0.169 e. The van der Waals surface area contributed by atoms with Crippen molar-refractivity contribution in [2.75, 3.05) is 13.3 Å². The van der Waals surface area contributed by atoms with Gasteiger partial charge in [-0.15, -0.1) is 0 Å². The van der Waals surface area contributed by atoms with Crippen molar-refractivity contribution >= 4 is 14.9 Å². The zero-order chi connectivity index (χ0) is 12.9. The molecule has 0 aliphatic rings. The van der Waals surface area contributed by atoms with E-state index >= 15 is 0 Å². The molecule has 1 unspecified atom stereocenters. The van der Waals surface area contributed by atoms with Gasteiger partial charge in [-0.1, -0.05) is 45.0 Å². The van der Waals surface area contributed by atoms with E-state index in [2.05, 4.69) is 45.8 Å². The average Bonchev–Trinajstić information content (AvgIpc) is 2.28. The van der Waals surface area contributed by atoms with Gasteiger partial charge >= 0.3 is 0 Å². The quantitative estimate of drug-likeness (QED) is 0.558. The highest BCUT2D eigenvalue weighted by Crippen LogP contribution is 2.37. The lowest BCUT2D eigenvalue weighted by molar-refractivity contribution is 0.414. The smallest absolute Gasteiger partial charge is 0.169 e. The van der Waals surface area contributed by atoms with Crippen molar-refractivity contribution in [2.24, 2.45) is 0 Å². The Bertz CT molecular complexity index is 346. The maximum atomic E-state index is 5.24. The highest BCUT2D eigenvalue weighted by atomic mass is 31.1. The summed E-state index contributed by atoms with van der Waals surface area (Å²) in [7, 11) is 2.76. The van der Waals surface area contributed by atoms with Crippen molar-refractivity contribution in [3.8, 4) is 5.75 Å². The van der Waals surface area contributed by atoms with Crippen molar-refractivity contribution in [1.82, 2.24) is 0 Å². The highest BCUT2D eigenvalue weighted by Gasteiger charge is 2.22. The second-order valence-electron chi connectivity index (χ2n) is 5.64. The summed E-state index contributed by atoms with van der Waals surface area (Å²) in [6.45, 7) is 9.35. The molecule has 0 radical (unpaired) electrons. The first-order valence-electron chi connectivity index (χ1n) is 6.30. The van der Waals surface area contributed by atoms with Crippen molar-refractivity contribution < 1.29 is 4.74 Å². The lowest BCUT2D eigenvalue weighted by Crippen LogP contribution is -2.17. The van der Waals surface area contributed by atoms with Gasteiger partial charge in [0.05, 0.1) is 7.11 Å². The standard InChI is InChI=1S/C14H24BOP/c1-14(2,3)15(4)17-10-9-12-7-6-8-13(11-12)16-5/h6-8,11,17H,9-10H2,1-5H3. The molecule has 0 bridgehead atoms. The first kappa shape index (κ1) is 14.6. The summed E-state index contributed by atoms with van der Waals surface area (Å²) in [5.41, 5.74) is 1.39. The van der Waals surface area contributed by atoms with E-state index in [1.807, 2.05) is 6.07 Å². The number of aryl methyl sites for hydroxylation is 1. The van der Waals surface area contributed by atoms with E-state index in [9.17, 15) is 0 Å². The summed E-state index contributed by atoms with van der Waals surface area (Å²) in [6.07, 6.45) is 3.25. The summed E-state index contributed by atoms with van der Waals surface area (Å²) in [5.74, 6) is 0.967. The van der Waals surface area contributed by atoms with E-state index < -0.39 is 0 Å². The first-order valence-corrected chi connectivity index (χ1v) is 7.58. The molecule has 1 aromatic rings. The fourth-order valence-electron chi connectivity index (χ4n) is 1.57. The molecule has 0 amide bonds. The molecule has 0 aliphatic heterocycles. The molecule has 1 rings (SSSR count). The van der Waals surface area contributed by atoms with Crippen LogP contribution in [0.3, 0.4) is 0 Å². The first-order chi connectivity index (χ1) is 7.93. The lowest BCUT2D eigenvalue weighted by Gasteiger charge is -2.24. The molecule has 0 saturated heterocycles. The van der Waals surface area contributed by atoms with Gasteiger partial charge in [-0.2, -0.15) is 8.46 Å². The molecule has 1 nitrogen and oxygen atoms in total. The van der Waals surface area contributed by atoms with Crippen LogP contribution in [0.25, 0.3) is 0 Å². The van der Waals surface area contributed by atoms with Crippen LogP contribution in [-0.2, 0) is 6.42 Å². The third kappa shape index (κ3) is 5.12. The van der Waals surface area contributed by atoms with Gasteiger partial charge in [0.1, 0.15) is 5.75 Å². The van der Waals surface area contributed by atoms with Crippen LogP contribution in [0.4, 0.5) is 0 Å². The van der Waals surface area contributed by atoms with Crippen LogP contribution in [0.1, 0.15) is 26.3 Å². The Kier molecular flexibility index (Phi) is 5.53. The molecule has 94 valence electrons. The van der Waals surface area contributed by atoms with E-state index in [0.717, 1.165) is 27.1 Å². The molecule has 0 spiro atoms. The maximum absolute atomic E-state index is 5.24. The molecular weight excluding hydrogens is 226 g/mol. The predicted molar refractivity (Wildman–Crippen MR) is 81.2 cm³/mol. The van der Waals surface area contributed by atoms with E-state index in [1.54, 1.807) is 7.11 Å². The Morgan fingerprint density at radius 2 is 2.00 bits per heavy atom. The zero-order valence-corrected chi connectivity index (χ0v) is 12.7. The van der Waals surface area contributed by atoms with E-state index in [0.29, 0.717) is 5.31 Å². The van der Waals surface area contributed by atoms with Crippen molar-refractivity contribution in [3.05, 3.63) is 29.8 Å². The Balaban J connectivity index is 2.40. The summed E-state index contributed by atoms with van der Waals surface area (Å²) in [5, 5.41) is 0.437. The molecule has 0 saturated carbocycles. The van der Waals surface area contributed by atoms with Crippen LogP contribution in [0.15, 0.2) is 24.3 Å².